The number of nitrogens with one attached hydrogen (secondary N) is 2. The predicted octanol–water partition coefficient (Wildman–Crippen LogP) is 4.18. The average Bonchev–Trinajstić information content (AvgIpc) is 2.50. The van der Waals surface area contributed by atoms with E-state index in [0.717, 1.165) is 0 Å². The molecule has 0 aliphatic carbocycles. The molecular formula is C15H17Cl2F3N2O3. The monoisotopic (exact) mass is 400 g/mol. The third-order valence-corrected chi connectivity index (χ3v) is 3.56. The summed E-state index contributed by atoms with van der Waals surface area (Å²) in [5.74, 6) is -0.492. The van der Waals surface area contributed by atoms with E-state index in [0.29, 0.717) is 17.9 Å². The van der Waals surface area contributed by atoms with E-state index in [9.17, 15) is 22.8 Å². The summed E-state index contributed by atoms with van der Waals surface area (Å²) in [6.07, 6.45) is -4.72. The first-order chi connectivity index (χ1) is 11.6. The molecule has 0 bridgehead atoms. The van der Waals surface area contributed by atoms with Gasteiger partial charge in [0.25, 0.3) is 5.91 Å². The highest BCUT2D eigenvalue weighted by Gasteiger charge is 2.30. The van der Waals surface area contributed by atoms with E-state index in [-0.39, 0.29) is 17.1 Å². The first-order valence-corrected chi connectivity index (χ1v) is 8.11. The molecule has 0 saturated carbocycles. The average molecular weight is 401 g/mol. The molecule has 2 amide bonds. The van der Waals surface area contributed by atoms with Gasteiger partial charge in [0.15, 0.2) is 6.61 Å². The second-order valence-electron chi connectivity index (χ2n) is 5.16. The van der Waals surface area contributed by atoms with E-state index in [4.69, 9.17) is 23.2 Å². The Morgan fingerprint density at radius 1 is 1.28 bits per heavy atom. The number of ether oxygens (including phenoxy) is 1. The third kappa shape index (κ3) is 8.31. The lowest BCUT2D eigenvalue weighted by Gasteiger charge is -2.19. The van der Waals surface area contributed by atoms with Gasteiger partial charge in [0.1, 0.15) is 0 Å². The van der Waals surface area contributed by atoms with Gasteiger partial charge >= 0.3 is 12.3 Å². The molecule has 0 spiro atoms. The van der Waals surface area contributed by atoms with Crippen molar-refractivity contribution in [3.63, 3.8) is 0 Å². The zero-order valence-corrected chi connectivity index (χ0v) is 14.8. The summed E-state index contributed by atoms with van der Waals surface area (Å²) in [4.78, 5) is 23.5. The lowest BCUT2D eigenvalue weighted by atomic mass is 10.1. The number of benzene rings is 1. The Morgan fingerprint density at radius 2 is 1.96 bits per heavy atom. The molecule has 10 heteroatoms. The van der Waals surface area contributed by atoms with Gasteiger partial charge in [-0.2, -0.15) is 13.2 Å². The van der Waals surface area contributed by atoms with Crippen LogP contribution in [0.15, 0.2) is 18.2 Å². The van der Waals surface area contributed by atoms with Crippen molar-refractivity contribution in [2.24, 2.45) is 0 Å². The summed E-state index contributed by atoms with van der Waals surface area (Å²) in [7, 11) is 0. The Labute approximate surface area is 152 Å². The minimum absolute atomic E-state index is 0.00669. The Morgan fingerprint density at radius 3 is 2.52 bits per heavy atom. The van der Waals surface area contributed by atoms with Crippen LogP contribution in [0.1, 0.15) is 30.1 Å². The van der Waals surface area contributed by atoms with Crippen molar-refractivity contribution in [3.8, 4) is 0 Å². The summed E-state index contributed by atoms with van der Waals surface area (Å²) in [6.45, 7) is 0.158. The summed E-state index contributed by atoms with van der Waals surface area (Å²) in [6, 6.07) is 3.77. The number of alkyl carbamates (subject to hydrolysis) is 1. The summed E-state index contributed by atoms with van der Waals surface area (Å²) >= 11 is 11.7. The number of carbonyl (C=O) groups is 2. The zero-order valence-electron chi connectivity index (χ0n) is 13.3. The van der Waals surface area contributed by atoms with Crippen LogP contribution in [-0.2, 0) is 4.74 Å². The molecule has 0 aromatic heterocycles. The van der Waals surface area contributed by atoms with Crippen molar-refractivity contribution < 1.29 is 27.5 Å². The molecule has 1 aromatic carbocycles. The number of halogens is 5. The highest BCUT2D eigenvalue weighted by Crippen LogP contribution is 2.20. The number of amides is 2. The molecule has 0 aliphatic rings. The van der Waals surface area contributed by atoms with Gasteiger partial charge in [0, 0.05) is 17.6 Å². The summed E-state index contributed by atoms with van der Waals surface area (Å²) in [5, 5.41) is 5.39. The van der Waals surface area contributed by atoms with Crippen LogP contribution in [0.4, 0.5) is 18.0 Å². The number of carbonyl (C=O) groups excluding carboxylic acids is 2. The van der Waals surface area contributed by atoms with E-state index in [1.54, 1.807) is 0 Å². The second-order valence-corrected chi connectivity index (χ2v) is 6.00. The quantitative estimate of drug-likeness (QED) is 0.721. The normalized spacial score (nSPS) is 12.4. The van der Waals surface area contributed by atoms with Crippen molar-refractivity contribution in [1.82, 2.24) is 10.6 Å². The van der Waals surface area contributed by atoms with Gasteiger partial charge in [-0.3, -0.25) is 4.79 Å². The number of hydrogen-bond donors (Lipinski definition) is 2. The Hall–Kier alpha value is -1.67. The van der Waals surface area contributed by atoms with Crippen LogP contribution in [0, 0.1) is 0 Å². The van der Waals surface area contributed by atoms with E-state index in [1.807, 2.05) is 6.92 Å². The van der Waals surface area contributed by atoms with Crippen LogP contribution < -0.4 is 10.6 Å². The van der Waals surface area contributed by atoms with Crippen molar-refractivity contribution in [1.29, 1.82) is 0 Å². The largest absolute Gasteiger partial charge is 0.440 e. The predicted molar refractivity (Wildman–Crippen MR) is 88.0 cm³/mol. The maximum atomic E-state index is 12.1. The SMILES string of the molecule is CCC[C@@H](CNC(=O)c1ccc(Cl)cc1Cl)NC(=O)OCC(F)(F)F. The molecule has 1 atom stereocenters. The number of hydrogen-bond acceptors (Lipinski definition) is 3. The topological polar surface area (TPSA) is 67.4 Å². The first kappa shape index (κ1) is 21.4. The highest BCUT2D eigenvalue weighted by molar-refractivity contribution is 6.36. The lowest BCUT2D eigenvalue weighted by molar-refractivity contribution is -0.160. The van der Waals surface area contributed by atoms with Crippen molar-refractivity contribution >= 4 is 35.2 Å². The number of alkyl halides is 3. The van der Waals surface area contributed by atoms with Crippen molar-refractivity contribution in [2.75, 3.05) is 13.2 Å². The van der Waals surface area contributed by atoms with Crippen LogP contribution in [-0.4, -0.2) is 37.4 Å². The van der Waals surface area contributed by atoms with E-state index >= 15 is 0 Å². The van der Waals surface area contributed by atoms with E-state index in [1.165, 1.54) is 18.2 Å². The highest BCUT2D eigenvalue weighted by atomic mass is 35.5. The maximum Gasteiger partial charge on any atom is 0.422 e. The standard InChI is InChI=1S/C15H17Cl2F3N2O3/c1-2-3-10(22-14(24)25-8-15(18,19)20)7-21-13(23)11-5-4-9(16)6-12(11)17/h4-6,10H,2-3,7-8H2,1H3,(H,21,23)(H,22,24)/t10-/m0/s1. The van der Waals surface area contributed by atoms with Crippen LogP contribution in [0.2, 0.25) is 10.0 Å². The molecule has 1 aromatic rings. The van der Waals surface area contributed by atoms with Crippen molar-refractivity contribution in [2.45, 2.75) is 32.0 Å². The van der Waals surface area contributed by atoms with Gasteiger partial charge in [-0.05, 0) is 24.6 Å². The zero-order chi connectivity index (χ0) is 19.0. The Kier molecular flexibility index (Phi) is 8.31. The van der Waals surface area contributed by atoms with Crippen molar-refractivity contribution in [3.05, 3.63) is 33.8 Å². The minimum Gasteiger partial charge on any atom is -0.440 e. The van der Waals surface area contributed by atoms with E-state index < -0.39 is 30.8 Å². The molecule has 0 heterocycles. The van der Waals surface area contributed by atoms with Gasteiger partial charge in [-0.15, -0.1) is 0 Å². The van der Waals surface area contributed by atoms with Gasteiger partial charge in [-0.1, -0.05) is 36.5 Å². The van der Waals surface area contributed by atoms with Gasteiger partial charge in [0.2, 0.25) is 0 Å². The number of rotatable bonds is 7. The Bertz CT molecular complexity index is 612. The fourth-order valence-corrected chi connectivity index (χ4v) is 2.41. The molecule has 0 aliphatic heterocycles. The van der Waals surface area contributed by atoms with Crippen LogP contribution in [0.25, 0.3) is 0 Å². The molecular weight excluding hydrogens is 384 g/mol. The molecule has 0 unspecified atom stereocenters. The maximum absolute atomic E-state index is 12.1. The molecule has 5 nitrogen and oxygen atoms in total. The first-order valence-electron chi connectivity index (χ1n) is 7.35. The molecule has 25 heavy (non-hydrogen) atoms. The van der Waals surface area contributed by atoms with Crippen LogP contribution in [0.3, 0.4) is 0 Å². The second kappa shape index (κ2) is 9.72. The van der Waals surface area contributed by atoms with Gasteiger partial charge in [-0.25, -0.2) is 4.79 Å². The van der Waals surface area contributed by atoms with Crippen LogP contribution >= 0.6 is 23.2 Å². The van der Waals surface area contributed by atoms with Gasteiger partial charge < -0.3 is 15.4 Å². The van der Waals surface area contributed by atoms with Gasteiger partial charge in [0.05, 0.1) is 10.6 Å². The third-order valence-electron chi connectivity index (χ3n) is 3.01. The molecule has 2 N–H and O–H groups in total. The smallest absolute Gasteiger partial charge is 0.422 e. The molecule has 0 radical (unpaired) electrons. The summed E-state index contributed by atoms with van der Waals surface area (Å²) < 4.78 is 40.2. The molecule has 0 saturated heterocycles. The molecule has 1 rings (SSSR count). The fraction of sp³-hybridized carbons (Fsp3) is 0.467. The molecule has 140 valence electrons. The lowest BCUT2D eigenvalue weighted by Crippen LogP contribution is -2.44. The minimum atomic E-state index is -4.60. The fourth-order valence-electron chi connectivity index (χ4n) is 1.91. The van der Waals surface area contributed by atoms with Crippen LogP contribution in [0.5, 0.6) is 0 Å². The van der Waals surface area contributed by atoms with E-state index in [2.05, 4.69) is 15.4 Å². The Balaban J connectivity index is 2.57. The molecule has 0 fully saturated rings. The summed E-state index contributed by atoms with van der Waals surface area (Å²) in [5.41, 5.74) is 0.195.